The smallest absolute Gasteiger partial charge is 0.256 e. The fourth-order valence-corrected chi connectivity index (χ4v) is 4.26. The molecule has 2 aromatic rings. The first-order valence-corrected chi connectivity index (χ1v) is 10.5. The third kappa shape index (κ3) is 3.91. The van der Waals surface area contributed by atoms with Crippen LogP contribution in [0.1, 0.15) is 39.3 Å². The van der Waals surface area contributed by atoms with E-state index >= 15 is 0 Å². The van der Waals surface area contributed by atoms with Gasteiger partial charge in [0.25, 0.3) is 11.8 Å². The molecule has 2 aliphatic heterocycles. The molecule has 0 saturated heterocycles. The first-order valence-electron chi connectivity index (χ1n) is 10.5. The summed E-state index contributed by atoms with van der Waals surface area (Å²) < 4.78 is 14.1. The number of hydrogen-bond donors (Lipinski definition) is 3. The van der Waals surface area contributed by atoms with Gasteiger partial charge < -0.3 is 25.4 Å². The normalized spacial score (nSPS) is 16.8. The number of benzene rings is 1. The summed E-state index contributed by atoms with van der Waals surface area (Å²) in [6, 6.07) is 2.41. The van der Waals surface area contributed by atoms with Crippen LogP contribution in [0.4, 0.5) is 15.8 Å². The number of amides is 3. The minimum atomic E-state index is -0.568. The van der Waals surface area contributed by atoms with Gasteiger partial charge in [-0.05, 0) is 57.6 Å². The van der Waals surface area contributed by atoms with Crippen molar-refractivity contribution in [2.75, 3.05) is 44.4 Å². The number of rotatable bonds is 6. The zero-order valence-electron chi connectivity index (χ0n) is 18.3. The van der Waals surface area contributed by atoms with Crippen LogP contribution in [0, 0.1) is 12.7 Å². The molecule has 0 bridgehead atoms. The lowest BCUT2D eigenvalue weighted by Crippen LogP contribution is -2.36. The fraction of sp³-hybridized carbons (Fsp3) is 0.348. The zero-order chi connectivity index (χ0) is 23.0. The molecule has 1 aromatic carbocycles. The van der Waals surface area contributed by atoms with Gasteiger partial charge in [0.2, 0.25) is 6.41 Å². The molecule has 3 heterocycles. The first kappa shape index (κ1) is 21.8. The van der Waals surface area contributed by atoms with E-state index in [9.17, 15) is 18.8 Å². The number of aryl methyl sites for hydroxylation is 1. The van der Waals surface area contributed by atoms with E-state index < -0.39 is 11.7 Å². The second-order valence-corrected chi connectivity index (χ2v) is 8.37. The van der Waals surface area contributed by atoms with Gasteiger partial charge in [-0.2, -0.15) is 0 Å². The molecule has 0 radical (unpaired) electrons. The Labute approximate surface area is 185 Å². The van der Waals surface area contributed by atoms with Crippen LogP contribution in [-0.2, 0) is 16.0 Å². The molecule has 1 aromatic heterocycles. The van der Waals surface area contributed by atoms with Crippen molar-refractivity contribution < 1.29 is 18.8 Å². The maximum Gasteiger partial charge on any atom is 0.256 e. The number of anilines is 2. The van der Waals surface area contributed by atoms with Gasteiger partial charge in [-0.3, -0.25) is 14.4 Å². The van der Waals surface area contributed by atoms with Crippen LogP contribution in [0.2, 0.25) is 0 Å². The minimum Gasteiger partial charge on any atom is -0.358 e. The van der Waals surface area contributed by atoms with Crippen molar-refractivity contribution in [1.29, 1.82) is 0 Å². The number of carbonyl (C=O) groups excluding carboxylic acids is 3. The SMILES string of the molecule is Cc1c(C=C2C(=O)Nc3c(NC=O)cc(F)cc32)[nH]c2c1C(=O)N(CCN(C)C)CCC2. The number of fused-ring (bicyclic) bond motifs is 2. The van der Waals surface area contributed by atoms with Crippen molar-refractivity contribution in [3.05, 3.63) is 46.0 Å². The van der Waals surface area contributed by atoms with Gasteiger partial charge >= 0.3 is 0 Å². The van der Waals surface area contributed by atoms with Crippen LogP contribution in [0.25, 0.3) is 11.6 Å². The lowest BCUT2D eigenvalue weighted by atomic mass is 10.0. The Hall–Kier alpha value is -3.46. The Morgan fingerprint density at radius 2 is 2.06 bits per heavy atom. The monoisotopic (exact) mass is 439 g/mol. The summed E-state index contributed by atoms with van der Waals surface area (Å²) in [4.78, 5) is 44.0. The van der Waals surface area contributed by atoms with Gasteiger partial charge in [0.1, 0.15) is 5.82 Å². The Morgan fingerprint density at radius 1 is 1.28 bits per heavy atom. The molecule has 2 aliphatic rings. The fourth-order valence-electron chi connectivity index (χ4n) is 4.26. The predicted octanol–water partition coefficient (Wildman–Crippen LogP) is 2.47. The van der Waals surface area contributed by atoms with Crippen LogP contribution in [0.5, 0.6) is 0 Å². The van der Waals surface area contributed by atoms with E-state index in [0.29, 0.717) is 42.0 Å². The maximum absolute atomic E-state index is 14.1. The third-order valence-corrected chi connectivity index (χ3v) is 5.92. The van der Waals surface area contributed by atoms with E-state index in [1.807, 2.05) is 30.8 Å². The summed E-state index contributed by atoms with van der Waals surface area (Å²) in [5.74, 6) is -0.985. The van der Waals surface area contributed by atoms with Gasteiger partial charge in [0, 0.05) is 36.6 Å². The summed E-state index contributed by atoms with van der Waals surface area (Å²) in [6.45, 7) is 3.98. The van der Waals surface area contributed by atoms with Gasteiger partial charge in [-0.1, -0.05) is 0 Å². The average molecular weight is 439 g/mol. The minimum absolute atomic E-state index is 0.0162. The lowest BCUT2D eigenvalue weighted by Gasteiger charge is -2.23. The number of carbonyl (C=O) groups is 3. The highest BCUT2D eigenvalue weighted by Crippen LogP contribution is 2.39. The van der Waals surface area contributed by atoms with Crippen molar-refractivity contribution in [2.45, 2.75) is 19.8 Å². The summed E-state index contributed by atoms with van der Waals surface area (Å²) in [5, 5.41) is 5.11. The number of aromatic amines is 1. The van der Waals surface area contributed by atoms with E-state index in [1.54, 1.807) is 6.08 Å². The summed E-state index contributed by atoms with van der Waals surface area (Å²) in [7, 11) is 3.95. The van der Waals surface area contributed by atoms with Crippen molar-refractivity contribution in [3.8, 4) is 0 Å². The molecular formula is C23H26FN5O3. The predicted molar refractivity (Wildman–Crippen MR) is 121 cm³/mol. The lowest BCUT2D eigenvalue weighted by molar-refractivity contribution is -0.110. The van der Waals surface area contributed by atoms with Crippen LogP contribution >= 0.6 is 0 Å². The Morgan fingerprint density at radius 3 is 2.78 bits per heavy atom. The second kappa shape index (κ2) is 8.58. The average Bonchev–Trinajstić information content (AvgIpc) is 3.15. The molecule has 168 valence electrons. The van der Waals surface area contributed by atoms with Crippen molar-refractivity contribution in [1.82, 2.24) is 14.8 Å². The Balaban J connectivity index is 1.73. The highest BCUT2D eigenvalue weighted by Gasteiger charge is 2.30. The number of hydrogen-bond acceptors (Lipinski definition) is 4. The number of halogens is 1. The highest BCUT2D eigenvalue weighted by atomic mass is 19.1. The molecule has 0 fully saturated rings. The molecule has 4 rings (SSSR count). The molecule has 9 heteroatoms. The van der Waals surface area contributed by atoms with Gasteiger partial charge in [-0.15, -0.1) is 0 Å². The van der Waals surface area contributed by atoms with Gasteiger partial charge in [-0.25, -0.2) is 4.39 Å². The molecule has 0 unspecified atom stereocenters. The van der Waals surface area contributed by atoms with E-state index in [-0.39, 0.29) is 17.2 Å². The molecule has 3 N–H and O–H groups in total. The van der Waals surface area contributed by atoms with Crippen LogP contribution in [0.15, 0.2) is 12.1 Å². The standard InChI is InChI=1S/C23H26FN5O3/c1-13-18(26-17-5-4-6-29(8-7-28(2)3)23(32)20(13)17)11-16-15-9-14(24)10-19(25-12-30)21(15)27-22(16)31/h9-12,26H,4-8H2,1-3H3,(H,25,30)(H,27,31). The second-order valence-electron chi connectivity index (χ2n) is 8.37. The molecule has 8 nitrogen and oxygen atoms in total. The number of likely N-dealkylation sites (N-methyl/N-ethyl adjacent to an activating group) is 1. The topological polar surface area (TPSA) is 97.5 Å². The van der Waals surface area contributed by atoms with Crippen LogP contribution in [0.3, 0.4) is 0 Å². The largest absolute Gasteiger partial charge is 0.358 e. The Bertz CT molecular complexity index is 1140. The molecule has 0 spiro atoms. The van der Waals surface area contributed by atoms with Gasteiger partial charge in [0.15, 0.2) is 0 Å². The van der Waals surface area contributed by atoms with Crippen molar-refractivity contribution in [2.24, 2.45) is 0 Å². The molecular weight excluding hydrogens is 413 g/mol. The number of aromatic nitrogens is 1. The third-order valence-electron chi connectivity index (χ3n) is 5.92. The molecule has 0 saturated carbocycles. The van der Waals surface area contributed by atoms with Gasteiger partial charge in [0.05, 0.1) is 22.5 Å². The summed E-state index contributed by atoms with van der Waals surface area (Å²) >= 11 is 0. The van der Waals surface area contributed by atoms with Crippen LogP contribution < -0.4 is 10.6 Å². The summed E-state index contributed by atoms with van der Waals surface area (Å²) in [5.41, 5.74) is 4.08. The maximum atomic E-state index is 14.1. The first-order chi connectivity index (χ1) is 15.3. The number of nitrogens with one attached hydrogen (secondary N) is 3. The Kier molecular flexibility index (Phi) is 5.84. The van der Waals surface area contributed by atoms with Crippen molar-refractivity contribution >= 4 is 41.2 Å². The van der Waals surface area contributed by atoms with E-state index in [4.69, 9.17) is 0 Å². The number of nitrogens with zero attached hydrogens (tertiary/aromatic N) is 2. The molecule has 0 aliphatic carbocycles. The number of H-pyrrole nitrogens is 1. The van der Waals surface area contributed by atoms with E-state index in [1.165, 1.54) is 6.07 Å². The zero-order valence-corrected chi connectivity index (χ0v) is 18.3. The molecule has 32 heavy (non-hydrogen) atoms. The van der Waals surface area contributed by atoms with Crippen LogP contribution in [-0.4, -0.2) is 66.7 Å². The van der Waals surface area contributed by atoms with Crippen molar-refractivity contribution in [3.63, 3.8) is 0 Å². The quantitative estimate of drug-likeness (QED) is 0.476. The molecule has 0 atom stereocenters. The summed E-state index contributed by atoms with van der Waals surface area (Å²) in [6.07, 6.45) is 3.65. The van der Waals surface area contributed by atoms with E-state index in [0.717, 1.165) is 36.7 Å². The highest BCUT2D eigenvalue weighted by molar-refractivity contribution is 6.36. The molecule has 3 amide bonds. The van der Waals surface area contributed by atoms with E-state index in [2.05, 4.69) is 15.6 Å².